The number of halogens is 2. The Kier molecular flexibility index (Phi) is 4.76. The summed E-state index contributed by atoms with van der Waals surface area (Å²) < 4.78 is 26.1. The fourth-order valence-electron chi connectivity index (χ4n) is 2.40. The number of hydrogen-bond acceptors (Lipinski definition) is 4. The fourth-order valence-corrected chi connectivity index (χ4v) is 4.94. The molecule has 0 N–H and O–H groups in total. The molecule has 0 aliphatic carbocycles. The summed E-state index contributed by atoms with van der Waals surface area (Å²) in [7, 11) is -1.83. The van der Waals surface area contributed by atoms with E-state index >= 15 is 0 Å². The van der Waals surface area contributed by atoms with Gasteiger partial charge in [-0.3, -0.25) is 4.79 Å². The molecule has 0 spiro atoms. The number of carbonyl (C=O) groups is 1. The van der Waals surface area contributed by atoms with Crippen LogP contribution < -0.4 is 4.80 Å². The van der Waals surface area contributed by atoms with Crippen molar-refractivity contribution >= 4 is 60.5 Å². The van der Waals surface area contributed by atoms with Gasteiger partial charge in [0.25, 0.3) is 5.91 Å². The van der Waals surface area contributed by atoms with Crippen molar-refractivity contribution in [1.29, 1.82) is 0 Å². The summed E-state index contributed by atoms with van der Waals surface area (Å²) in [6.07, 6.45) is 1.05. The number of aromatic nitrogens is 1. The monoisotopic (exact) mass is 414 g/mol. The molecule has 5 nitrogen and oxygen atoms in total. The molecule has 1 aromatic heterocycles. The molecule has 0 aliphatic rings. The van der Waals surface area contributed by atoms with Gasteiger partial charge >= 0.3 is 0 Å². The van der Waals surface area contributed by atoms with Crippen LogP contribution in [0.25, 0.3) is 10.2 Å². The van der Waals surface area contributed by atoms with E-state index in [1.807, 2.05) is 0 Å². The number of fused-ring (bicyclic) bond motifs is 1. The Morgan fingerprint density at radius 3 is 2.40 bits per heavy atom. The average molecular weight is 415 g/mol. The molecule has 130 valence electrons. The van der Waals surface area contributed by atoms with Crippen LogP contribution in [0, 0.1) is 0 Å². The first-order valence-corrected chi connectivity index (χ1v) is 10.5. The maximum absolute atomic E-state index is 12.6. The molecule has 3 aromatic rings. The summed E-state index contributed by atoms with van der Waals surface area (Å²) >= 11 is 13.6. The zero-order chi connectivity index (χ0) is 18.4. The van der Waals surface area contributed by atoms with Gasteiger partial charge in [-0.05, 0) is 24.3 Å². The zero-order valence-corrected chi connectivity index (χ0v) is 16.3. The third-order valence-corrected chi connectivity index (χ3v) is 6.62. The second-order valence-electron chi connectivity index (χ2n) is 5.34. The Labute approximate surface area is 158 Å². The first kappa shape index (κ1) is 18.1. The Hall–Kier alpha value is -1.67. The predicted molar refractivity (Wildman–Crippen MR) is 100 cm³/mol. The first-order chi connectivity index (χ1) is 11.7. The summed E-state index contributed by atoms with van der Waals surface area (Å²) in [5.74, 6) is -0.643. The minimum Gasteiger partial charge on any atom is -0.318 e. The second-order valence-corrected chi connectivity index (χ2v) is 9.11. The SMILES string of the molecule is Cn1c(=NC(=O)c2ccccc2S(C)(=O)=O)sc2c(Cl)ccc(Cl)c21. The van der Waals surface area contributed by atoms with Crippen LogP contribution >= 0.6 is 34.5 Å². The van der Waals surface area contributed by atoms with E-state index in [0.29, 0.717) is 25.1 Å². The second kappa shape index (κ2) is 6.57. The summed E-state index contributed by atoms with van der Waals surface area (Å²) in [4.78, 5) is 17.0. The molecule has 0 bridgehead atoms. The van der Waals surface area contributed by atoms with Gasteiger partial charge in [0, 0.05) is 13.3 Å². The zero-order valence-electron chi connectivity index (χ0n) is 13.2. The van der Waals surface area contributed by atoms with E-state index in [1.165, 1.54) is 23.5 Å². The highest BCUT2D eigenvalue weighted by atomic mass is 35.5. The Morgan fingerprint density at radius 2 is 1.76 bits per heavy atom. The maximum atomic E-state index is 12.6. The lowest BCUT2D eigenvalue weighted by Gasteiger charge is -2.03. The quantitative estimate of drug-likeness (QED) is 0.641. The van der Waals surface area contributed by atoms with E-state index in [4.69, 9.17) is 23.2 Å². The van der Waals surface area contributed by atoms with E-state index in [9.17, 15) is 13.2 Å². The number of carbonyl (C=O) groups excluding carboxylic acids is 1. The molecule has 0 aliphatic heterocycles. The molecular formula is C16H12Cl2N2O3S2. The average Bonchev–Trinajstić information content (AvgIpc) is 2.88. The van der Waals surface area contributed by atoms with Crippen molar-refractivity contribution in [3.8, 4) is 0 Å². The molecule has 25 heavy (non-hydrogen) atoms. The number of thiazole rings is 1. The van der Waals surface area contributed by atoms with Gasteiger partial charge < -0.3 is 4.57 Å². The summed E-state index contributed by atoms with van der Waals surface area (Å²) in [5.41, 5.74) is 0.696. The van der Waals surface area contributed by atoms with E-state index < -0.39 is 15.7 Å². The third-order valence-electron chi connectivity index (χ3n) is 3.56. The van der Waals surface area contributed by atoms with Crippen LogP contribution in [0.5, 0.6) is 0 Å². The van der Waals surface area contributed by atoms with Crippen LogP contribution in [-0.4, -0.2) is 25.1 Å². The molecule has 1 heterocycles. The van der Waals surface area contributed by atoms with Crippen LogP contribution in [0.3, 0.4) is 0 Å². The number of nitrogens with zero attached hydrogens (tertiary/aromatic N) is 2. The number of rotatable bonds is 2. The van der Waals surface area contributed by atoms with Gasteiger partial charge in [-0.1, -0.05) is 46.7 Å². The van der Waals surface area contributed by atoms with E-state index in [1.54, 1.807) is 35.9 Å². The molecule has 2 aromatic carbocycles. The van der Waals surface area contributed by atoms with Gasteiger partial charge in [0.05, 0.1) is 30.7 Å². The van der Waals surface area contributed by atoms with Crippen molar-refractivity contribution in [1.82, 2.24) is 4.57 Å². The Morgan fingerprint density at radius 1 is 1.12 bits per heavy atom. The molecule has 9 heteroatoms. The molecule has 0 fully saturated rings. The van der Waals surface area contributed by atoms with Crippen LogP contribution in [-0.2, 0) is 16.9 Å². The highest BCUT2D eigenvalue weighted by Crippen LogP contribution is 2.31. The third kappa shape index (κ3) is 3.37. The lowest BCUT2D eigenvalue weighted by atomic mass is 10.2. The van der Waals surface area contributed by atoms with Gasteiger partial charge in [0.1, 0.15) is 0 Å². The summed E-state index contributed by atoms with van der Waals surface area (Å²) in [6.45, 7) is 0. The van der Waals surface area contributed by atoms with Gasteiger partial charge in [-0.25, -0.2) is 8.42 Å². The molecule has 3 rings (SSSR count). The van der Waals surface area contributed by atoms with Crippen molar-refractivity contribution in [3.63, 3.8) is 0 Å². The topological polar surface area (TPSA) is 68.5 Å². The fraction of sp³-hybridized carbons (Fsp3) is 0.125. The highest BCUT2D eigenvalue weighted by molar-refractivity contribution is 7.90. The molecular weight excluding hydrogens is 403 g/mol. The van der Waals surface area contributed by atoms with Gasteiger partial charge in [-0.15, -0.1) is 0 Å². The van der Waals surface area contributed by atoms with Crippen LogP contribution in [0.2, 0.25) is 10.0 Å². The molecule has 0 saturated heterocycles. The lowest BCUT2D eigenvalue weighted by Crippen LogP contribution is -2.15. The van der Waals surface area contributed by atoms with Gasteiger partial charge in [0.2, 0.25) is 0 Å². The number of sulfone groups is 1. The van der Waals surface area contributed by atoms with Gasteiger partial charge in [-0.2, -0.15) is 4.99 Å². The van der Waals surface area contributed by atoms with E-state index in [2.05, 4.69) is 4.99 Å². The largest absolute Gasteiger partial charge is 0.318 e. The smallest absolute Gasteiger partial charge is 0.280 e. The number of amides is 1. The molecule has 0 radical (unpaired) electrons. The van der Waals surface area contributed by atoms with Crippen LogP contribution in [0.15, 0.2) is 46.3 Å². The summed E-state index contributed by atoms with van der Waals surface area (Å²) in [6, 6.07) is 9.32. The minimum absolute atomic E-state index is 0.0275. The number of benzene rings is 2. The predicted octanol–water partition coefficient (Wildman–Crippen LogP) is 3.69. The normalized spacial score (nSPS) is 12.7. The standard InChI is InChI=1S/C16H12Cl2N2O3S2/c1-20-13-10(17)7-8-11(18)14(13)24-16(20)19-15(21)9-5-3-4-6-12(9)25(2,22)23/h3-8H,1-2H3. The molecule has 0 saturated carbocycles. The number of hydrogen-bond donors (Lipinski definition) is 0. The van der Waals surface area contributed by atoms with Crippen molar-refractivity contribution in [3.05, 3.63) is 56.8 Å². The van der Waals surface area contributed by atoms with Crippen molar-refractivity contribution in [2.24, 2.45) is 12.0 Å². The van der Waals surface area contributed by atoms with Crippen molar-refractivity contribution < 1.29 is 13.2 Å². The minimum atomic E-state index is -3.55. The van der Waals surface area contributed by atoms with E-state index in [0.717, 1.165) is 6.26 Å². The molecule has 1 amide bonds. The molecule has 0 atom stereocenters. The Bertz CT molecular complexity index is 1180. The van der Waals surface area contributed by atoms with Crippen LogP contribution in [0.4, 0.5) is 0 Å². The van der Waals surface area contributed by atoms with E-state index in [-0.39, 0.29) is 10.5 Å². The van der Waals surface area contributed by atoms with Gasteiger partial charge in [0.15, 0.2) is 14.6 Å². The van der Waals surface area contributed by atoms with Crippen molar-refractivity contribution in [2.75, 3.05) is 6.26 Å². The summed E-state index contributed by atoms with van der Waals surface area (Å²) in [5, 5.41) is 0.994. The molecule has 0 unspecified atom stereocenters. The first-order valence-electron chi connectivity index (χ1n) is 7.02. The lowest BCUT2D eigenvalue weighted by molar-refractivity contribution is 0.0995. The van der Waals surface area contributed by atoms with Crippen LogP contribution in [0.1, 0.15) is 10.4 Å². The number of aryl methyl sites for hydroxylation is 1. The van der Waals surface area contributed by atoms with Crippen molar-refractivity contribution in [2.45, 2.75) is 4.90 Å². The maximum Gasteiger partial charge on any atom is 0.280 e. The highest BCUT2D eigenvalue weighted by Gasteiger charge is 2.18. The Balaban J connectivity index is 2.23.